The molecule has 0 aliphatic rings. The van der Waals surface area contributed by atoms with Gasteiger partial charge in [-0.2, -0.15) is 0 Å². The van der Waals surface area contributed by atoms with Crippen LogP contribution in [0.25, 0.3) is 11.0 Å². The van der Waals surface area contributed by atoms with Gasteiger partial charge in [0.15, 0.2) is 0 Å². The Morgan fingerprint density at radius 3 is 2.89 bits per heavy atom. The lowest BCUT2D eigenvalue weighted by Crippen LogP contribution is -2.30. The molecule has 0 bridgehead atoms. The fraction of sp³-hybridized carbons (Fsp3) is 0.385. The zero-order chi connectivity index (χ0) is 13.1. The summed E-state index contributed by atoms with van der Waals surface area (Å²) in [6.45, 7) is 4.99. The van der Waals surface area contributed by atoms with Crippen molar-refractivity contribution >= 4 is 22.9 Å². The first-order chi connectivity index (χ1) is 8.58. The molecule has 1 aromatic carbocycles. The van der Waals surface area contributed by atoms with E-state index in [0.29, 0.717) is 18.4 Å². The van der Waals surface area contributed by atoms with Gasteiger partial charge in [0.05, 0.1) is 11.0 Å². The van der Waals surface area contributed by atoms with E-state index in [1.54, 1.807) is 4.57 Å². The van der Waals surface area contributed by atoms with Gasteiger partial charge in [0.2, 0.25) is 11.9 Å². The minimum Gasteiger partial charge on any atom is -0.369 e. The monoisotopic (exact) mass is 246 g/mol. The quantitative estimate of drug-likeness (QED) is 0.856. The van der Waals surface area contributed by atoms with Crippen molar-refractivity contribution in [2.24, 2.45) is 5.92 Å². The summed E-state index contributed by atoms with van der Waals surface area (Å²) in [4.78, 5) is 16.0. The van der Waals surface area contributed by atoms with Crippen molar-refractivity contribution in [3.05, 3.63) is 24.3 Å². The number of nitrogens with one attached hydrogen (secondary N) is 1. The summed E-state index contributed by atoms with van der Waals surface area (Å²) in [5.41, 5.74) is 7.53. The predicted molar refractivity (Wildman–Crippen MR) is 72.0 cm³/mol. The summed E-state index contributed by atoms with van der Waals surface area (Å²) in [5.74, 6) is 0.764. The number of hydrogen-bond acceptors (Lipinski definition) is 3. The van der Waals surface area contributed by atoms with E-state index < -0.39 is 0 Å². The molecule has 2 aromatic rings. The van der Waals surface area contributed by atoms with Crippen molar-refractivity contribution in [1.29, 1.82) is 0 Å². The highest BCUT2D eigenvalue weighted by Gasteiger charge is 2.11. The van der Waals surface area contributed by atoms with E-state index >= 15 is 0 Å². The Hall–Kier alpha value is -2.04. The number of rotatable bonds is 4. The number of fused-ring (bicyclic) bond motifs is 1. The van der Waals surface area contributed by atoms with Gasteiger partial charge >= 0.3 is 0 Å². The lowest BCUT2D eigenvalue weighted by atomic mass is 10.2. The van der Waals surface area contributed by atoms with Gasteiger partial charge in [-0.3, -0.25) is 4.79 Å². The van der Waals surface area contributed by atoms with Crippen LogP contribution in [0.3, 0.4) is 0 Å². The molecule has 0 atom stereocenters. The van der Waals surface area contributed by atoms with Crippen LogP contribution < -0.4 is 11.1 Å². The Bertz CT molecular complexity index is 559. The number of amides is 1. The van der Waals surface area contributed by atoms with Crippen molar-refractivity contribution in [3.63, 3.8) is 0 Å². The first-order valence-electron chi connectivity index (χ1n) is 6.05. The topological polar surface area (TPSA) is 72.9 Å². The first-order valence-corrected chi connectivity index (χ1v) is 6.05. The van der Waals surface area contributed by atoms with Gasteiger partial charge < -0.3 is 15.6 Å². The fourth-order valence-corrected chi connectivity index (χ4v) is 1.78. The summed E-state index contributed by atoms with van der Waals surface area (Å²) >= 11 is 0. The van der Waals surface area contributed by atoms with Gasteiger partial charge in [-0.25, -0.2) is 4.98 Å². The van der Waals surface area contributed by atoms with Crippen LogP contribution in [0.1, 0.15) is 13.8 Å². The number of carbonyl (C=O) groups excluding carboxylic acids is 1. The summed E-state index contributed by atoms with van der Waals surface area (Å²) in [6, 6.07) is 7.60. The normalized spacial score (nSPS) is 11.1. The maximum atomic E-state index is 11.8. The van der Waals surface area contributed by atoms with Gasteiger partial charge in [0.1, 0.15) is 6.54 Å². The number of aromatic nitrogens is 2. The van der Waals surface area contributed by atoms with Crippen LogP contribution >= 0.6 is 0 Å². The van der Waals surface area contributed by atoms with Gasteiger partial charge in [0, 0.05) is 6.54 Å². The van der Waals surface area contributed by atoms with Crippen LogP contribution in [-0.2, 0) is 11.3 Å². The second-order valence-electron chi connectivity index (χ2n) is 4.74. The average molecular weight is 246 g/mol. The molecule has 0 fully saturated rings. The third-order valence-corrected chi connectivity index (χ3v) is 2.69. The van der Waals surface area contributed by atoms with Crippen molar-refractivity contribution < 1.29 is 4.79 Å². The van der Waals surface area contributed by atoms with Crippen LogP contribution in [0, 0.1) is 5.92 Å². The van der Waals surface area contributed by atoms with E-state index in [1.807, 2.05) is 24.3 Å². The largest absolute Gasteiger partial charge is 0.369 e. The number of nitrogens with two attached hydrogens (primary N) is 1. The molecule has 0 unspecified atom stereocenters. The van der Waals surface area contributed by atoms with Crippen LogP contribution in [0.5, 0.6) is 0 Å². The summed E-state index contributed by atoms with van der Waals surface area (Å²) in [7, 11) is 0. The standard InChI is InChI=1S/C13H18N4O/c1-9(2)7-15-12(18)8-17-11-6-4-3-5-10(11)16-13(17)14/h3-6,9H,7-8H2,1-2H3,(H2,14,16)(H,15,18). The minimum atomic E-state index is -0.0430. The van der Waals surface area contributed by atoms with Crippen molar-refractivity contribution in [1.82, 2.24) is 14.9 Å². The van der Waals surface area contributed by atoms with E-state index in [1.165, 1.54) is 0 Å². The summed E-state index contributed by atoms with van der Waals surface area (Å²) in [6.07, 6.45) is 0. The van der Waals surface area contributed by atoms with Crippen LogP contribution in [-0.4, -0.2) is 22.0 Å². The Labute approximate surface area is 106 Å². The zero-order valence-corrected chi connectivity index (χ0v) is 10.7. The molecule has 18 heavy (non-hydrogen) atoms. The second kappa shape index (κ2) is 5.08. The van der Waals surface area contributed by atoms with Crippen LogP contribution in [0.4, 0.5) is 5.95 Å². The van der Waals surface area contributed by atoms with Crippen molar-refractivity contribution in [2.75, 3.05) is 12.3 Å². The molecule has 0 saturated carbocycles. The smallest absolute Gasteiger partial charge is 0.240 e. The van der Waals surface area contributed by atoms with Crippen LogP contribution in [0.15, 0.2) is 24.3 Å². The van der Waals surface area contributed by atoms with E-state index in [0.717, 1.165) is 11.0 Å². The molecular weight excluding hydrogens is 228 g/mol. The Morgan fingerprint density at radius 1 is 1.44 bits per heavy atom. The predicted octanol–water partition coefficient (Wildman–Crippen LogP) is 1.39. The fourth-order valence-electron chi connectivity index (χ4n) is 1.78. The molecule has 1 heterocycles. The number of carbonyl (C=O) groups is 1. The number of hydrogen-bond donors (Lipinski definition) is 2. The highest BCUT2D eigenvalue weighted by Crippen LogP contribution is 2.16. The van der Waals surface area contributed by atoms with Gasteiger partial charge in [-0.15, -0.1) is 0 Å². The lowest BCUT2D eigenvalue weighted by molar-refractivity contribution is -0.121. The third-order valence-electron chi connectivity index (χ3n) is 2.69. The zero-order valence-electron chi connectivity index (χ0n) is 10.7. The Kier molecular flexibility index (Phi) is 3.50. The highest BCUT2D eigenvalue weighted by atomic mass is 16.1. The number of anilines is 1. The van der Waals surface area contributed by atoms with E-state index in [4.69, 9.17) is 5.73 Å². The molecule has 5 heteroatoms. The molecule has 0 radical (unpaired) electrons. The Balaban J connectivity index is 2.16. The number of para-hydroxylation sites is 2. The molecule has 0 spiro atoms. The van der Waals surface area contributed by atoms with E-state index in [-0.39, 0.29) is 12.5 Å². The highest BCUT2D eigenvalue weighted by molar-refractivity contribution is 5.82. The van der Waals surface area contributed by atoms with Crippen molar-refractivity contribution in [2.45, 2.75) is 20.4 Å². The van der Waals surface area contributed by atoms with Crippen LogP contribution in [0.2, 0.25) is 0 Å². The number of imidazole rings is 1. The molecule has 0 aliphatic heterocycles. The summed E-state index contributed by atoms with van der Waals surface area (Å²) in [5, 5.41) is 2.87. The molecule has 0 saturated heterocycles. The van der Waals surface area contributed by atoms with E-state index in [2.05, 4.69) is 24.1 Å². The molecule has 1 aromatic heterocycles. The molecule has 0 aliphatic carbocycles. The molecular formula is C13H18N4O. The number of benzene rings is 1. The Morgan fingerprint density at radius 2 is 2.17 bits per heavy atom. The van der Waals surface area contributed by atoms with Gasteiger partial charge in [-0.05, 0) is 18.1 Å². The maximum absolute atomic E-state index is 11.8. The SMILES string of the molecule is CC(C)CNC(=O)Cn1c(N)nc2ccccc21. The molecule has 5 nitrogen and oxygen atoms in total. The minimum absolute atomic E-state index is 0.0430. The van der Waals surface area contributed by atoms with Crippen molar-refractivity contribution in [3.8, 4) is 0 Å². The maximum Gasteiger partial charge on any atom is 0.240 e. The number of nitrogen functional groups attached to an aromatic ring is 1. The van der Waals surface area contributed by atoms with Gasteiger partial charge in [-0.1, -0.05) is 26.0 Å². The molecule has 1 amide bonds. The van der Waals surface area contributed by atoms with Gasteiger partial charge in [0.25, 0.3) is 0 Å². The second-order valence-corrected chi connectivity index (χ2v) is 4.74. The molecule has 2 rings (SSSR count). The lowest BCUT2D eigenvalue weighted by Gasteiger charge is -2.09. The first kappa shape index (κ1) is 12.4. The molecule has 3 N–H and O–H groups in total. The van der Waals surface area contributed by atoms with E-state index in [9.17, 15) is 4.79 Å². The third kappa shape index (κ3) is 2.61. The average Bonchev–Trinajstić information content (AvgIpc) is 2.64. The molecule has 96 valence electrons. The summed E-state index contributed by atoms with van der Waals surface area (Å²) < 4.78 is 1.73. The number of nitrogens with zero attached hydrogens (tertiary/aromatic N) is 2.